The molecule has 2 heterocycles. The molecule has 0 bridgehead atoms. The number of furan rings is 1. The van der Waals surface area contributed by atoms with Crippen molar-refractivity contribution < 1.29 is 23.8 Å². The molecule has 2 rings (SSSR count). The average molecular weight is 305 g/mol. The van der Waals surface area contributed by atoms with Gasteiger partial charge in [-0.25, -0.2) is 4.79 Å². The second kappa shape index (κ2) is 6.25. The standard InChI is InChI=1S/C14H15N3O5/c1-8-10(14(19)20)6-9(22-8)7-17(2)13(18)11-4-5-12(21-3)16-15-11/h4-6H,7H2,1-3H3,(H,19,20). The van der Waals surface area contributed by atoms with Crippen LogP contribution in [0, 0.1) is 6.92 Å². The summed E-state index contributed by atoms with van der Waals surface area (Å²) in [4.78, 5) is 24.5. The predicted octanol–water partition coefficient (Wildman–Crippen LogP) is 1.36. The number of aromatic nitrogens is 2. The van der Waals surface area contributed by atoms with Crippen LogP contribution in [-0.4, -0.2) is 46.2 Å². The third kappa shape index (κ3) is 3.22. The van der Waals surface area contributed by atoms with Gasteiger partial charge in [0, 0.05) is 13.1 Å². The van der Waals surface area contributed by atoms with E-state index in [9.17, 15) is 9.59 Å². The van der Waals surface area contributed by atoms with Gasteiger partial charge in [0.1, 0.15) is 17.1 Å². The van der Waals surface area contributed by atoms with E-state index in [4.69, 9.17) is 14.3 Å². The molecule has 0 aromatic carbocycles. The van der Waals surface area contributed by atoms with Gasteiger partial charge in [-0.15, -0.1) is 10.2 Å². The maximum absolute atomic E-state index is 12.2. The molecule has 0 aliphatic heterocycles. The van der Waals surface area contributed by atoms with Crippen molar-refractivity contribution in [2.45, 2.75) is 13.5 Å². The molecule has 8 heteroatoms. The van der Waals surface area contributed by atoms with E-state index in [1.807, 2.05) is 0 Å². The fourth-order valence-corrected chi connectivity index (χ4v) is 1.88. The van der Waals surface area contributed by atoms with Crippen molar-refractivity contribution in [3.63, 3.8) is 0 Å². The first-order valence-electron chi connectivity index (χ1n) is 6.38. The van der Waals surface area contributed by atoms with Crippen molar-refractivity contribution in [3.05, 3.63) is 41.0 Å². The van der Waals surface area contributed by atoms with E-state index in [1.54, 1.807) is 14.0 Å². The molecule has 0 aliphatic rings. The van der Waals surface area contributed by atoms with Crippen molar-refractivity contribution in [1.82, 2.24) is 15.1 Å². The third-order valence-corrected chi connectivity index (χ3v) is 3.01. The third-order valence-electron chi connectivity index (χ3n) is 3.01. The molecule has 1 N–H and O–H groups in total. The van der Waals surface area contributed by atoms with Crippen molar-refractivity contribution in [2.24, 2.45) is 0 Å². The zero-order chi connectivity index (χ0) is 16.3. The summed E-state index contributed by atoms with van der Waals surface area (Å²) < 4.78 is 10.2. The van der Waals surface area contributed by atoms with E-state index < -0.39 is 5.97 Å². The maximum Gasteiger partial charge on any atom is 0.339 e. The van der Waals surface area contributed by atoms with Crippen LogP contribution in [0.4, 0.5) is 0 Å². The van der Waals surface area contributed by atoms with Crippen molar-refractivity contribution in [1.29, 1.82) is 0 Å². The Balaban J connectivity index is 2.10. The molecule has 0 fully saturated rings. The molecular formula is C14H15N3O5. The van der Waals surface area contributed by atoms with Gasteiger partial charge >= 0.3 is 5.97 Å². The quantitative estimate of drug-likeness (QED) is 0.888. The first-order chi connectivity index (χ1) is 10.4. The summed E-state index contributed by atoms with van der Waals surface area (Å²) in [7, 11) is 3.02. The molecule has 0 saturated heterocycles. The highest BCUT2D eigenvalue weighted by Gasteiger charge is 2.18. The number of nitrogens with zero attached hydrogens (tertiary/aromatic N) is 3. The number of ether oxygens (including phenoxy) is 1. The van der Waals surface area contributed by atoms with E-state index in [0.29, 0.717) is 17.4 Å². The summed E-state index contributed by atoms with van der Waals surface area (Å²) in [5.41, 5.74) is 0.241. The molecule has 1 amide bonds. The highest BCUT2D eigenvalue weighted by molar-refractivity contribution is 5.92. The Kier molecular flexibility index (Phi) is 4.40. The summed E-state index contributed by atoms with van der Waals surface area (Å²) in [6, 6.07) is 4.44. The average Bonchev–Trinajstić information content (AvgIpc) is 2.87. The van der Waals surface area contributed by atoms with E-state index in [-0.39, 0.29) is 23.7 Å². The summed E-state index contributed by atoms with van der Waals surface area (Å²) in [6.07, 6.45) is 0. The van der Waals surface area contributed by atoms with Crippen molar-refractivity contribution in [2.75, 3.05) is 14.2 Å². The highest BCUT2D eigenvalue weighted by Crippen LogP contribution is 2.16. The highest BCUT2D eigenvalue weighted by atomic mass is 16.5. The topological polar surface area (TPSA) is 106 Å². The lowest BCUT2D eigenvalue weighted by Crippen LogP contribution is -2.27. The SMILES string of the molecule is COc1ccc(C(=O)N(C)Cc2cc(C(=O)O)c(C)o2)nn1. The molecule has 2 aromatic heterocycles. The van der Waals surface area contributed by atoms with Crippen LogP contribution in [0.1, 0.15) is 32.4 Å². The van der Waals surface area contributed by atoms with Gasteiger partial charge in [0.05, 0.1) is 13.7 Å². The van der Waals surface area contributed by atoms with Crippen LogP contribution >= 0.6 is 0 Å². The first-order valence-corrected chi connectivity index (χ1v) is 6.38. The summed E-state index contributed by atoms with van der Waals surface area (Å²) in [5.74, 6) is -0.435. The molecule has 0 aliphatic carbocycles. The van der Waals surface area contributed by atoms with Crippen LogP contribution in [0.25, 0.3) is 0 Å². The number of amides is 1. The number of carbonyl (C=O) groups excluding carboxylic acids is 1. The first kappa shape index (κ1) is 15.5. The molecule has 0 radical (unpaired) electrons. The lowest BCUT2D eigenvalue weighted by Gasteiger charge is -2.14. The minimum atomic E-state index is -1.07. The van der Waals surface area contributed by atoms with Crippen LogP contribution in [0.5, 0.6) is 5.88 Å². The molecule has 0 saturated carbocycles. The van der Waals surface area contributed by atoms with Gasteiger partial charge in [-0.2, -0.15) is 0 Å². The molecule has 0 spiro atoms. The number of rotatable bonds is 5. The normalized spacial score (nSPS) is 10.3. The number of methoxy groups -OCH3 is 1. The van der Waals surface area contributed by atoms with Crippen LogP contribution in [0.2, 0.25) is 0 Å². The summed E-state index contributed by atoms with van der Waals surface area (Å²) >= 11 is 0. The monoisotopic (exact) mass is 305 g/mol. The molecule has 116 valence electrons. The Morgan fingerprint density at radius 1 is 1.36 bits per heavy atom. The largest absolute Gasteiger partial charge is 0.480 e. The minimum absolute atomic E-state index is 0.0834. The van der Waals surface area contributed by atoms with Gasteiger partial charge in [0.2, 0.25) is 5.88 Å². The van der Waals surface area contributed by atoms with Gasteiger partial charge < -0.3 is 19.2 Å². The predicted molar refractivity (Wildman–Crippen MR) is 74.8 cm³/mol. The number of hydrogen-bond donors (Lipinski definition) is 1. The van der Waals surface area contributed by atoms with Gasteiger partial charge in [0.25, 0.3) is 5.91 Å². The Morgan fingerprint density at radius 3 is 2.59 bits per heavy atom. The van der Waals surface area contributed by atoms with E-state index in [1.165, 1.54) is 30.2 Å². The van der Waals surface area contributed by atoms with E-state index >= 15 is 0 Å². The summed E-state index contributed by atoms with van der Waals surface area (Å²) in [5, 5.41) is 16.5. The molecule has 8 nitrogen and oxygen atoms in total. The second-order valence-corrected chi connectivity index (χ2v) is 4.61. The van der Waals surface area contributed by atoms with Crippen LogP contribution in [0.3, 0.4) is 0 Å². The van der Waals surface area contributed by atoms with E-state index in [2.05, 4.69) is 10.2 Å². The fourth-order valence-electron chi connectivity index (χ4n) is 1.88. The van der Waals surface area contributed by atoms with Crippen LogP contribution < -0.4 is 4.74 Å². The fraction of sp³-hybridized carbons (Fsp3) is 0.286. The Labute approximate surface area is 126 Å². The number of carbonyl (C=O) groups is 2. The molecular weight excluding hydrogens is 290 g/mol. The number of aryl methyl sites for hydroxylation is 1. The number of carboxylic acid groups (broad SMARTS) is 1. The number of aromatic carboxylic acids is 1. The minimum Gasteiger partial charge on any atom is -0.480 e. The molecule has 2 aromatic rings. The smallest absolute Gasteiger partial charge is 0.339 e. The lowest BCUT2D eigenvalue weighted by atomic mass is 10.2. The van der Waals surface area contributed by atoms with Gasteiger partial charge in [-0.3, -0.25) is 4.79 Å². The molecule has 22 heavy (non-hydrogen) atoms. The van der Waals surface area contributed by atoms with Gasteiger partial charge in [-0.1, -0.05) is 0 Å². The Hall–Kier alpha value is -2.90. The van der Waals surface area contributed by atoms with Gasteiger partial charge in [0.15, 0.2) is 5.69 Å². The second-order valence-electron chi connectivity index (χ2n) is 4.61. The van der Waals surface area contributed by atoms with Crippen LogP contribution in [0.15, 0.2) is 22.6 Å². The van der Waals surface area contributed by atoms with E-state index in [0.717, 1.165) is 0 Å². The Morgan fingerprint density at radius 2 is 2.09 bits per heavy atom. The van der Waals surface area contributed by atoms with Gasteiger partial charge in [-0.05, 0) is 19.1 Å². The Bertz CT molecular complexity index is 693. The zero-order valence-electron chi connectivity index (χ0n) is 12.4. The summed E-state index contributed by atoms with van der Waals surface area (Å²) in [6.45, 7) is 1.68. The number of hydrogen-bond acceptors (Lipinski definition) is 6. The maximum atomic E-state index is 12.2. The lowest BCUT2D eigenvalue weighted by molar-refractivity contribution is 0.0694. The van der Waals surface area contributed by atoms with Crippen LogP contribution in [-0.2, 0) is 6.54 Å². The molecule has 0 unspecified atom stereocenters. The van der Waals surface area contributed by atoms with Crippen molar-refractivity contribution >= 4 is 11.9 Å². The zero-order valence-corrected chi connectivity index (χ0v) is 12.4. The molecule has 0 atom stereocenters. The van der Waals surface area contributed by atoms with Crippen molar-refractivity contribution in [3.8, 4) is 5.88 Å². The number of carboxylic acids is 1.